The Labute approximate surface area is 113 Å². The van der Waals surface area contributed by atoms with Crippen molar-refractivity contribution in [2.45, 2.75) is 12.5 Å². The molecule has 5 nitrogen and oxygen atoms in total. The minimum absolute atomic E-state index is 0.0920. The molecule has 0 saturated carbocycles. The van der Waals surface area contributed by atoms with Gasteiger partial charge in [0.25, 0.3) is 0 Å². The number of benzene rings is 1. The lowest BCUT2D eigenvalue weighted by Gasteiger charge is -2.32. The molecule has 1 saturated heterocycles. The van der Waals surface area contributed by atoms with Gasteiger partial charge in [-0.3, -0.25) is 4.79 Å². The highest BCUT2D eigenvalue weighted by atomic mass is 19.1. The van der Waals surface area contributed by atoms with Crippen LogP contribution in [0, 0.1) is 11.6 Å². The highest BCUT2D eigenvalue weighted by Gasteiger charge is 2.32. The number of carbonyl (C=O) groups excluding carboxylic acids is 1. The molecule has 1 aromatic rings. The molecule has 1 aliphatic heterocycles. The third-order valence-electron chi connectivity index (χ3n) is 3.08. The first-order valence-electron chi connectivity index (χ1n) is 6.03. The topological polar surface area (TPSA) is 66.8 Å². The summed E-state index contributed by atoms with van der Waals surface area (Å²) < 4.78 is 31.5. The molecule has 1 aromatic carbocycles. The van der Waals surface area contributed by atoms with Gasteiger partial charge < -0.3 is 14.7 Å². The van der Waals surface area contributed by atoms with E-state index in [-0.39, 0.29) is 31.7 Å². The van der Waals surface area contributed by atoms with E-state index in [1.54, 1.807) is 0 Å². The van der Waals surface area contributed by atoms with Crippen molar-refractivity contribution in [3.63, 3.8) is 0 Å². The fourth-order valence-corrected chi connectivity index (χ4v) is 2.05. The van der Waals surface area contributed by atoms with E-state index >= 15 is 0 Å². The summed E-state index contributed by atoms with van der Waals surface area (Å²) >= 11 is 0. The molecule has 1 unspecified atom stereocenters. The van der Waals surface area contributed by atoms with Crippen molar-refractivity contribution in [2.75, 3.05) is 19.8 Å². The summed E-state index contributed by atoms with van der Waals surface area (Å²) in [6.07, 6.45) is -0.382. The van der Waals surface area contributed by atoms with Crippen LogP contribution in [0.15, 0.2) is 18.2 Å². The molecular formula is C13H13F2NO4. The maximum absolute atomic E-state index is 13.5. The lowest BCUT2D eigenvalue weighted by Crippen LogP contribution is -2.53. The number of aliphatic carboxylic acids is 1. The Morgan fingerprint density at radius 2 is 2.15 bits per heavy atom. The van der Waals surface area contributed by atoms with Crippen LogP contribution in [-0.4, -0.2) is 47.7 Å². The molecule has 2 rings (SSSR count). The number of hydrogen-bond acceptors (Lipinski definition) is 3. The molecule has 0 spiro atoms. The predicted octanol–water partition coefficient (Wildman–Crippen LogP) is 0.819. The van der Waals surface area contributed by atoms with Crippen LogP contribution in [0.2, 0.25) is 0 Å². The monoisotopic (exact) mass is 285 g/mol. The van der Waals surface area contributed by atoms with Crippen molar-refractivity contribution in [1.29, 1.82) is 0 Å². The molecule has 1 amide bonds. The molecule has 0 aliphatic carbocycles. The van der Waals surface area contributed by atoms with Gasteiger partial charge in [0.15, 0.2) is 6.04 Å². The quantitative estimate of drug-likeness (QED) is 0.893. The largest absolute Gasteiger partial charge is 0.480 e. The number of ether oxygens (including phenoxy) is 1. The second kappa shape index (κ2) is 5.96. The van der Waals surface area contributed by atoms with Crippen LogP contribution in [0.3, 0.4) is 0 Å². The van der Waals surface area contributed by atoms with E-state index in [9.17, 15) is 18.4 Å². The average molecular weight is 285 g/mol. The molecule has 20 heavy (non-hydrogen) atoms. The van der Waals surface area contributed by atoms with E-state index in [0.29, 0.717) is 0 Å². The van der Waals surface area contributed by atoms with Gasteiger partial charge in [-0.15, -0.1) is 0 Å². The van der Waals surface area contributed by atoms with E-state index in [1.165, 1.54) is 0 Å². The minimum Gasteiger partial charge on any atom is -0.480 e. The summed E-state index contributed by atoms with van der Waals surface area (Å²) in [5.74, 6) is -3.09. The van der Waals surface area contributed by atoms with Crippen molar-refractivity contribution in [3.05, 3.63) is 35.4 Å². The first kappa shape index (κ1) is 14.4. The number of nitrogens with zero attached hydrogens (tertiary/aromatic N) is 1. The molecule has 0 bridgehead atoms. The number of hydrogen-bond donors (Lipinski definition) is 1. The SMILES string of the molecule is O=C(O)C1COCCN1C(=O)Cc1cc(F)ccc1F. The fraction of sp³-hybridized carbons (Fsp3) is 0.385. The van der Waals surface area contributed by atoms with Gasteiger partial charge in [0.2, 0.25) is 5.91 Å². The summed E-state index contributed by atoms with van der Waals surface area (Å²) in [5.41, 5.74) is -0.0920. The number of carboxylic acids is 1. The third kappa shape index (κ3) is 3.11. The Morgan fingerprint density at radius 3 is 2.85 bits per heavy atom. The normalized spacial score (nSPS) is 18.9. The maximum Gasteiger partial charge on any atom is 0.328 e. The number of halogens is 2. The highest BCUT2D eigenvalue weighted by Crippen LogP contribution is 2.14. The molecule has 1 aliphatic rings. The molecule has 1 heterocycles. The standard InChI is InChI=1S/C13H13F2NO4/c14-9-1-2-10(15)8(5-9)6-12(17)16-3-4-20-7-11(16)13(18)19/h1-2,5,11H,3-4,6-7H2,(H,18,19). The average Bonchev–Trinajstić information content (AvgIpc) is 2.42. The fourth-order valence-electron chi connectivity index (χ4n) is 2.05. The summed E-state index contributed by atoms with van der Waals surface area (Å²) in [4.78, 5) is 24.2. The smallest absolute Gasteiger partial charge is 0.328 e. The third-order valence-corrected chi connectivity index (χ3v) is 3.08. The number of amides is 1. The molecule has 1 N–H and O–H groups in total. The molecule has 108 valence electrons. The second-order valence-corrected chi connectivity index (χ2v) is 4.43. The van der Waals surface area contributed by atoms with E-state index in [4.69, 9.17) is 9.84 Å². The predicted molar refractivity (Wildman–Crippen MR) is 64.0 cm³/mol. The van der Waals surface area contributed by atoms with Gasteiger partial charge in [0, 0.05) is 12.1 Å². The molecular weight excluding hydrogens is 272 g/mol. The first-order chi connectivity index (χ1) is 9.49. The van der Waals surface area contributed by atoms with Crippen LogP contribution in [-0.2, 0) is 20.7 Å². The van der Waals surface area contributed by atoms with Crippen LogP contribution in [0.5, 0.6) is 0 Å². The van der Waals surface area contributed by atoms with Crippen molar-refractivity contribution in [2.24, 2.45) is 0 Å². The Bertz CT molecular complexity index is 535. The van der Waals surface area contributed by atoms with Gasteiger partial charge >= 0.3 is 5.97 Å². The van der Waals surface area contributed by atoms with Crippen LogP contribution >= 0.6 is 0 Å². The Kier molecular flexibility index (Phi) is 4.29. The lowest BCUT2D eigenvalue weighted by atomic mass is 10.1. The van der Waals surface area contributed by atoms with Gasteiger partial charge in [-0.05, 0) is 18.2 Å². The molecule has 7 heteroatoms. The van der Waals surface area contributed by atoms with Gasteiger partial charge in [0.1, 0.15) is 11.6 Å². The van der Waals surface area contributed by atoms with Crippen LogP contribution in [0.4, 0.5) is 8.78 Å². The van der Waals surface area contributed by atoms with Gasteiger partial charge in [-0.1, -0.05) is 0 Å². The zero-order valence-corrected chi connectivity index (χ0v) is 10.5. The van der Waals surface area contributed by atoms with E-state index in [0.717, 1.165) is 23.1 Å². The molecule has 0 radical (unpaired) electrons. The van der Waals surface area contributed by atoms with Gasteiger partial charge in [0.05, 0.1) is 19.6 Å². The van der Waals surface area contributed by atoms with E-state index in [1.807, 2.05) is 0 Å². The van der Waals surface area contributed by atoms with Crippen LogP contribution in [0.25, 0.3) is 0 Å². The number of carboxylic acid groups (broad SMARTS) is 1. The van der Waals surface area contributed by atoms with Crippen LogP contribution in [0.1, 0.15) is 5.56 Å². The van der Waals surface area contributed by atoms with Crippen LogP contribution < -0.4 is 0 Å². The number of morpholine rings is 1. The van der Waals surface area contributed by atoms with Gasteiger partial charge in [-0.25, -0.2) is 13.6 Å². The number of carbonyl (C=O) groups is 2. The van der Waals surface area contributed by atoms with E-state index in [2.05, 4.69) is 0 Å². The first-order valence-corrected chi connectivity index (χ1v) is 6.03. The van der Waals surface area contributed by atoms with Crippen molar-refractivity contribution >= 4 is 11.9 Å². The van der Waals surface area contributed by atoms with Crippen molar-refractivity contribution in [3.8, 4) is 0 Å². The summed E-state index contributed by atoms with van der Waals surface area (Å²) in [6.45, 7) is 0.237. The van der Waals surface area contributed by atoms with Gasteiger partial charge in [-0.2, -0.15) is 0 Å². The van der Waals surface area contributed by atoms with Crippen molar-refractivity contribution in [1.82, 2.24) is 4.90 Å². The number of rotatable bonds is 3. The molecule has 1 fully saturated rings. The highest BCUT2D eigenvalue weighted by molar-refractivity contribution is 5.85. The summed E-state index contributed by atoms with van der Waals surface area (Å²) in [5, 5.41) is 9.01. The summed E-state index contributed by atoms with van der Waals surface area (Å²) in [7, 11) is 0. The minimum atomic E-state index is -1.18. The van der Waals surface area contributed by atoms with E-state index < -0.39 is 29.6 Å². The Balaban J connectivity index is 2.14. The lowest BCUT2D eigenvalue weighted by molar-refractivity contribution is -0.158. The Morgan fingerprint density at radius 1 is 1.40 bits per heavy atom. The zero-order valence-electron chi connectivity index (χ0n) is 10.5. The second-order valence-electron chi connectivity index (χ2n) is 4.43. The molecule has 0 aromatic heterocycles. The molecule has 1 atom stereocenters. The maximum atomic E-state index is 13.5. The summed E-state index contributed by atoms with van der Waals surface area (Å²) in [6, 6.07) is 1.74. The zero-order chi connectivity index (χ0) is 14.7. The van der Waals surface area contributed by atoms with Crippen molar-refractivity contribution < 1.29 is 28.2 Å². The Hall–Kier alpha value is -2.02.